The van der Waals surface area contributed by atoms with Gasteiger partial charge in [0.05, 0.1) is 0 Å². The van der Waals surface area contributed by atoms with E-state index in [2.05, 4.69) is 19.2 Å². The second-order valence-corrected chi connectivity index (χ2v) is 5.68. The van der Waals surface area contributed by atoms with E-state index in [1.807, 2.05) is 13.8 Å². The van der Waals surface area contributed by atoms with E-state index >= 15 is 0 Å². The van der Waals surface area contributed by atoms with Crippen LogP contribution in [0, 0.1) is 0 Å². The van der Waals surface area contributed by atoms with Gasteiger partial charge < -0.3 is 5.32 Å². The molecule has 0 aliphatic heterocycles. The highest BCUT2D eigenvalue weighted by Gasteiger charge is 2.12. The summed E-state index contributed by atoms with van der Waals surface area (Å²) in [6, 6.07) is 0.443. The molecular formula is C10H23NOS. The van der Waals surface area contributed by atoms with Gasteiger partial charge >= 0.3 is 0 Å². The van der Waals surface area contributed by atoms with Crippen LogP contribution in [0.2, 0.25) is 0 Å². The fourth-order valence-electron chi connectivity index (χ4n) is 1.27. The lowest BCUT2D eigenvalue weighted by atomic mass is 10.2. The van der Waals surface area contributed by atoms with Gasteiger partial charge in [-0.3, -0.25) is 4.21 Å². The summed E-state index contributed by atoms with van der Waals surface area (Å²) in [5, 5.41) is 3.67. The van der Waals surface area contributed by atoms with Crippen LogP contribution in [0.4, 0.5) is 0 Å². The Morgan fingerprint density at radius 3 is 2.31 bits per heavy atom. The van der Waals surface area contributed by atoms with E-state index in [4.69, 9.17) is 0 Å². The van der Waals surface area contributed by atoms with Crippen molar-refractivity contribution < 1.29 is 4.21 Å². The van der Waals surface area contributed by atoms with E-state index < -0.39 is 10.8 Å². The highest BCUT2D eigenvalue weighted by atomic mass is 32.2. The van der Waals surface area contributed by atoms with E-state index in [0.717, 1.165) is 25.1 Å². The molecule has 2 nitrogen and oxygen atoms in total. The molecule has 0 rings (SSSR count). The predicted molar refractivity (Wildman–Crippen MR) is 60.5 cm³/mol. The third kappa shape index (κ3) is 6.22. The zero-order valence-electron chi connectivity index (χ0n) is 9.30. The van der Waals surface area contributed by atoms with Crippen molar-refractivity contribution in [2.24, 2.45) is 0 Å². The molecule has 80 valence electrons. The molecule has 0 fully saturated rings. The van der Waals surface area contributed by atoms with E-state index in [0.29, 0.717) is 6.04 Å². The minimum atomic E-state index is -0.667. The van der Waals surface area contributed by atoms with Crippen LogP contribution in [-0.2, 0) is 10.8 Å². The average Bonchev–Trinajstić information content (AvgIpc) is 2.05. The standard InChI is InChI=1S/C10H23NOS/c1-5-7-10(11-6-2)8-13(12)9(3)4/h9-11H,5-8H2,1-4H3. The summed E-state index contributed by atoms with van der Waals surface area (Å²) < 4.78 is 11.6. The maximum atomic E-state index is 11.6. The molecule has 0 aromatic heterocycles. The van der Waals surface area contributed by atoms with Crippen LogP contribution >= 0.6 is 0 Å². The van der Waals surface area contributed by atoms with Gasteiger partial charge in [-0.05, 0) is 13.0 Å². The Labute approximate surface area is 84.9 Å². The molecule has 0 bridgehead atoms. The van der Waals surface area contributed by atoms with Crippen molar-refractivity contribution in [1.29, 1.82) is 0 Å². The summed E-state index contributed by atoms with van der Waals surface area (Å²) in [5.74, 6) is 0.805. The van der Waals surface area contributed by atoms with E-state index in [1.165, 1.54) is 0 Å². The van der Waals surface area contributed by atoms with E-state index in [1.54, 1.807) is 0 Å². The molecule has 0 saturated heterocycles. The summed E-state index contributed by atoms with van der Waals surface area (Å²) in [6.45, 7) is 9.28. The van der Waals surface area contributed by atoms with E-state index in [9.17, 15) is 4.21 Å². The summed E-state index contributed by atoms with van der Waals surface area (Å²) >= 11 is 0. The fraction of sp³-hybridized carbons (Fsp3) is 1.00. The lowest BCUT2D eigenvalue weighted by Crippen LogP contribution is -2.35. The maximum Gasteiger partial charge on any atom is 0.0391 e. The van der Waals surface area contributed by atoms with Crippen LogP contribution in [0.15, 0.2) is 0 Å². The van der Waals surface area contributed by atoms with Crippen LogP contribution in [0.1, 0.15) is 40.5 Å². The first-order valence-corrected chi connectivity index (χ1v) is 6.60. The molecule has 0 aromatic carbocycles. The van der Waals surface area contributed by atoms with Gasteiger partial charge in [0.25, 0.3) is 0 Å². The Kier molecular flexibility index (Phi) is 7.57. The highest BCUT2D eigenvalue weighted by molar-refractivity contribution is 7.85. The monoisotopic (exact) mass is 205 g/mol. The zero-order valence-corrected chi connectivity index (χ0v) is 10.1. The maximum absolute atomic E-state index is 11.6. The highest BCUT2D eigenvalue weighted by Crippen LogP contribution is 2.02. The molecule has 0 radical (unpaired) electrons. The van der Waals surface area contributed by atoms with Gasteiger partial charge in [-0.2, -0.15) is 0 Å². The number of rotatable bonds is 7. The number of hydrogen-bond donors (Lipinski definition) is 1. The quantitative estimate of drug-likeness (QED) is 0.688. The molecule has 0 amide bonds. The summed E-state index contributed by atoms with van der Waals surface area (Å²) in [7, 11) is -0.667. The van der Waals surface area contributed by atoms with Crippen LogP contribution < -0.4 is 5.32 Å². The molecule has 0 aliphatic rings. The van der Waals surface area contributed by atoms with Crippen molar-refractivity contribution in [3.8, 4) is 0 Å². The normalized spacial score (nSPS) is 16.1. The molecule has 0 saturated carbocycles. The Hall–Kier alpha value is 0.110. The van der Waals surface area contributed by atoms with Crippen LogP contribution in [0.25, 0.3) is 0 Å². The van der Waals surface area contributed by atoms with Crippen molar-refractivity contribution in [1.82, 2.24) is 5.32 Å². The first kappa shape index (κ1) is 13.1. The minimum Gasteiger partial charge on any atom is -0.313 e. The first-order chi connectivity index (χ1) is 6.11. The van der Waals surface area contributed by atoms with Crippen molar-refractivity contribution in [3.63, 3.8) is 0 Å². The van der Waals surface area contributed by atoms with Gasteiger partial charge in [0.2, 0.25) is 0 Å². The van der Waals surface area contributed by atoms with Crippen LogP contribution in [0.5, 0.6) is 0 Å². The summed E-state index contributed by atoms with van der Waals surface area (Å²) in [4.78, 5) is 0. The zero-order chi connectivity index (χ0) is 10.3. The molecule has 1 N–H and O–H groups in total. The first-order valence-electron chi connectivity index (χ1n) is 5.22. The molecule has 2 atom stereocenters. The fourth-order valence-corrected chi connectivity index (χ4v) is 2.34. The third-order valence-electron chi connectivity index (χ3n) is 2.02. The van der Waals surface area contributed by atoms with Crippen LogP contribution in [0.3, 0.4) is 0 Å². The molecule has 0 aromatic rings. The molecular weight excluding hydrogens is 182 g/mol. The predicted octanol–water partition coefficient (Wildman–Crippen LogP) is 1.92. The van der Waals surface area contributed by atoms with Gasteiger partial charge in [0, 0.05) is 27.8 Å². The summed E-state index contributed by atoms with van der Waals surface area (Å²) in [5.41, 5.74) is 0. The Balaban J connectivity index is 3.86. The van der Waals surface area contributed by atoms with Gasteiger partial charge in [-0.15, -0.1) is 0 Å². The minimum absolute atomic E-state index is 0.290. The molecule has 3 heteroatoms. The molecule has 13 heavy (non-hydrogen) atoms. The van der Waals surface area contributed by atoms with E-state index in [-0.39, 0.29) is 5.25 Å². The second-order valence-electron chi connectivity index (χ2n) is 3.64. The second kappa shape index (κ2) is 7.51. The van der Waals surface area contributed by atoms with Gasteiger partial charge in [0.15, 0.2) is 0 Å². The van der Waals surface area contributed by atoms with Gasteiger partial charge in [-0.25, -0.2) is 0 Å². The number of nitrogens with one attached hydrogen (secondary N) is 1. The van der Waals surface area contributed by atoms with Crippen molar-refractivity contribution in [2.75, 3.05) is 12.3 Å². The third-order valence-corrected chi connectivity index (χ3v) is 3.80. The smallest absolute Gasteiger partial charge is 0.0391 e. The Morgan fingerprint density at radius 2 is 1.92 bits per heavy atom. The number of hydrogen-bond acceptors (Lipinski definition) is 2. The summed E-state index contributed by atoms with van der Waals surface area (Å²) in [6.07, 6.45) is 2.29. The molecule has 0 heterocycles. The Morgan fingerprint density at radius 1 is 1.31 bits per heavy atom. The van der Waals surface area contributed by atoms with Gasteiger partial charge in [-0.1, -0.05) is 34.1 Å². The largest absolute Gasteiger partial charge is 0.313 e. The van der Waals surface area contributed by atoms with Gasteiger partial charge in [0.1, 0.15) is 0 Å². The molecule has 2 unspecified atom stereocenters. The topological polar surface area (TPSA) is 29.1 Å². The van der Waals surface area contributed by atoms with Crippen LogP contribution in [-0.4, -0.2) is 27.8 Å². The molecule has 0 aliphatic carbocycles. The SMILES string of the molecule is CCCC(CS(=O)C(C)C)NCC. The molecule has 0 spiro atoms. The van der Waals surface area contributed by atoms with Crippen molar-refractivity contribution >= 4 is 10.8 Å². The average molecular weight is 205 g/mol. The Bertz CT molecular complexity index is 142. The van der Waals surface area contributed by atoms with Crippen molar-refractivity contribution in [3.05, 3.63) is 0 Å². The van der Waals surface area contributed by atoms with Crippen molar-refractivity contribution in [2.45, 2.75) is 51.8 Å². The lowest BCUT2D eigenvalue weighted by Gasteiger charge is -2.17. The lowest BCUT2D eigenvalue weighted by molar-refractivity contribution is 0.525.